The van der Waals surface area contributed by atoms with E-state index in [1.165, 1.54) is 12.0 Å². The van der Waals surface area contributed by atoms with E-state index in [1.54, 1.807) is 0 Å². The first-order chi connectivity index (χ1) is 13.6. The minimum Gasteiger partial charge on any atom is -0.550 e. The number of carbonyl (C=O) groups excluding carboxylic acids is 2. The molecule has 0 aromatic rings. The van der Waals surface area contributed by atoms with Crippen molar-refractivity contribution in [2.75, 3.05) is 0 Å². The molecule has 7 unspecified atom stereocenters. The molecule has 5 heteroatoms. The van der Waals surface area contributed by atoms with Crippen LogP contribution in [0.4, 0.5) is 0 Å². The Bertz CT molecular complexity index is 733. The van der Waals surface area contributed by atoms with Crippen LogP contribution in [0.25, 0.3) is 0 Å². The van der Waals surface area contributed by atoms with Crippen LogP contribution in [0.2, 0.25) is 0 Å². The minimum atomic E-state index is -1.06. The van der Waals surface area contributed by atoms with Gasteiger partial charge in [-0.05, 0) is 91.9 Å². The Morgan fingerprint density at radius 2 is 1.90 bits per heavy atom. The van der Waals surface area contributed by atoms with E-state index in [1.807, 2.05) is 6.08 Å². The molecular weight excluding hydrogens is 403 g/mol. The van der Waals surface area contributed by atoms with Gasteiger partial charge in [0.25, 0.3) is 0 Å². The predicted octanol–water partition coefficient (Wildman–Crippen LogP) is 0.810. The molecule has 0 radical (unpaired) electrons. The number of aliphatic carboxylic acids is 1. The number of ketones is 1. The fourth-order valence-electron chi connectivity index (χ4n) is 8.20. The van der Waals surface area contributed by atoms with Gasteiger partial charge in [0.05, 0.1) is 5.60 Å². The monoisotopic (exact) mass is 440 g/mol. The summed E-state index contributed by atoms with van der Waals surface area (Å²) < 4.78 is 0. The van der Waals surface area contributed by atoms with Crippen molar-refractivity contribution >= 4 is 11.8 Å². The molecule has 4 aliphatic rings. The molecule has 1 N–H and O–H groups in total. The molecule has 0 heterocycles. The summed E-state index contributed by atoms with van der Waals surface area (Å²) in [6.45, 7) is 6.87. The van der Waals surface area contributed by atoms with Crippen molar-refractivity contribution in [1.82, 2.24) is 0 Å². The summed E-state index contributed by atoms with van der Waals surface area (Å²) in [5.41, 5.74) is 0.411. The average Bonchev–Trinajstić information content (AvgIpc) is 2.93. The smallest absolute Gasteiger partial charge is 0.550 e. The summed E-state index contributed by atoms with van der Waals surface area (Å²) in [4.78, 5) is 23.3. The van der Waals surface area contributed by atoms with Gasteiger partial charge in [0.1, 0.15) is 0 Å². The number of carboxylic acid groups (broad SMARTS) is 1. The summed E-state index contributed by atoms with van der Waals surface area (Å²) >= 11 is 0. The quantitative estimate of drug-likeness (QED) is 0.642. The SMILES string of the molecule is CCCC1CC2=CC(=O)CCC2(C)C2CCC3(C)C(CCC3(O)CCC(=O)[O-])C12.[K+]. The van der Waals surface area contributed by atoms with Crippen molar-refractivity contribution in [3.8, 4) is 0 Å². The Morgan fingerprint density at radius 1 is 1.20 bits per heavy atom. The van der Waals surface area contributed by atoms with Crippen LogP contribution < -0.4 is 56.5 Å². The molecule has 162 valence electrons. The fraction of sp³-hybridized carbons (Fsp3) is 0.840. The molecule has 0 aromatic carbocycles. The number of rotatable bonds is 5. The van der Waals surface area contributed by atoms with Crippen LogP contribution in [-0.4, -0.2) is 22.5 Å². The topological polar surface area (TPSA) is 77.4 Å². The molecule has 7 atom stereocenters. The van der Waals surface area contributed by atoms with Gasteiger partial charge in [-0.15, -0.1) is 0 Å². The van der Waals surface area contributed by atoms with E-state index in [9.17, 15) is 19.8 Å². The van der Waals surface area contributed by atoms with Crippen molar-refractivity contribution in [2.45, 2.75) is 97.0 Å². The molecule has 3 saturated carbocycles. The first-order valence-electron chi connectivity index (χ1n) is 11.8. The van der Waals surface area contributed by atoms with Gasteiger partial charge in [-0.2, -0.15) is 0 Å². The van der Waals surface area contributed by atoms with Crippen LogP contribution in [-0.2, 0) is 9.59 Å². The zero-order valence-electron chi connectivity index (χ0n) is 19.3. The van der Waals surface area contributed by atoms with Gasteiger partial charge >= 0.3 is 51.4 Å². The zero-order chi connectivity index (χ0) is 21.0. The second kappa shape index (κ2) is 9.02. The molecule has 4 nitrogen and oxygen atoms in total. The van der Waals surface area contributed by atoms with E-state index in [0.29, 0.717) is 48.7 Å². The van der Waals surface area contributed by atoms with Crippen LogP contribution in [0.15, 0.2) is 11.6 Å². The maximum atomic E-state index is 12.2. The van der Waals surface area contributed by atoms with Crippen molar-refractivity contribution in [2.24, 2.45) is 34.5 Å². The molecule has 30 heavy (non-hydrogen) atoms. The largest absolute Gasteiger partial charge is 1.00 e. The predicted molar refractivity (Wildman–Crippen MR) is 110 cm³/mol. The Kier molecular flexibility index (Phi) is 7.55. The first kappa shape index (κ1) is 25.1. The molecule has 0 aliphatic heterocycles. The molecule has 0 aromatic heterocycles. The summed E-state index contributed by atoms with van der Waals surface area (Å²) in [6.07, 6.45) is 10.9. The zero-order valence-corrected chi connectivity index (χ0v) is 22.5. The summed E-state index contributed by atoms with van der Waals surface area (Å²) in [6, 6.07) is 0. The number of fused-ring (bicyclic) bond motifs is 5. The number of allylic oxidation sites excluding steroid dienone is 1. The third-order valence-corrected chi connectivity index (χ3v) is 9.86. The molecule has 0 amide bonds. The Morgan fingerprint density at radius 3 is 2.57 bits per heavy atom. The number of hydrogen-bond acceptors (Lipinski definition) is 4. The number of carbonyl (C=O) groups is 2. The van der Waals surface area contributed by atoms with Gasteiger partial charge in [0, 0.05) is 12.4 Å². The fourth-order valence-corrected chi connectivity index (χ4v) is 8.20. The van der Waals surface area contributed by atoms with Crippen molar-refractivity contribution < 1.29 is 71.2 Å². The average molecular weight is 441 g/mol. The van der Waals surface area contributed by atoms with E-state index in [-0.39, 0.29) is 68.6 Å². The second-order valence-electron chi connectivity index (χ2n) is 11.0. The summed E-state index contributed by atoms with van der Waals surface area (Å²) in [5, 5.41) is 22.7. The van der Waals surface area contributed by atoms with Crippen LogP contribution in [0.1, 0.15) is 91.4 Å². The Hall–Kier alpha value is 0.476. The molecule has 0 spiro atoms. The van der Waals surface area contributed by atoms with Crippen molar-refractivity contribution in [3.05, 3.63) is 11.6 Å². The third kappa shape index (κ3) is 3.88. The number of carboxylic acids is 1. The van der Waals surface area contributed by atoms with E-state index < -0.39 is 11.6 Å². The Balaban J connectivity index is 0.00000256. The molecule has 0 saturated heterocycles. The van der Waals surface area contributed by atoms with Crippen LogP contribution >= 0.6 is 0 Å². The number of hydrogen-bond donors (Lipinski definition) is 1. The maximum Gasteiger partial charge on any atom is 1.00 e. The van der Waals surface area contributed by atoms with Crippen molar-refractivity contribution in [3.63, 3.8) is 0 Å². The summed E-state index contributed by atoms with van der Waals surface area (Å²) in [7, 11) is 0. The van der Waals surface area contributed by atoms with E-state index in [2.05, 4.69) is 20.8 Å². The first-order valence-corrected chi connectivity index (χ1v) is 11.8. The molecule has 4 aliphatic carbocycles. The molecule has 0 bridgehead atoms. The van der Waals surface area contributed by atoms with Crippen LogP contribution in [0.5, 0.6) is 0 Å². The van der Waals surface area contributed by atoms with Gasteiger partial charge in [0.15, 0.2) is 5.78 Å². The maximum absolute atomic E-state index is 12.2. The van der Waals surface area contributed by atoms with Gasteiger partial charge < -0.3 is 15.0 Å². The standard InChI is InChI=1S/C25H38O4.K/c1-4-5-16-14-17-15-18(26)6-10-23(17,2)19-7-11-24(3)20(22(16)19)8-12-25(24,29)13-9-21(27)28;/h15-16,19-20,22,29H,4-14H2,1-3H3,(H,27,28);/q;+1/p-1. The second-order valence-corrected chi connectivity index (χ2v) is 11.0. The van der Waals surface area contributed by atoms with E-state index >= 15 is 0 Å². The minimum absolute atomic E-state index is 0. The van der Waals surface area contributed by atoms with Gasteiger partial charge in [-0.25, -0.2) is 0 Å². The van der Waals surface area contributed by atoms with Crippen molar-refractivity contribution in [1.29, 1.82) is 0 Å². The third-order valence-electron chi connectivity index (χ3n) is 9.86. The molecular formula is C25H37KO4. The normalized spacial score (nSPS) is 44.9. The van der Waals surface area contributed by atoms with Gasteiger partial charge in [0.2, 0.25) is 0 Å². The molecule has 4 rings (SSSR count). The summed E-state index contributed by atoms with van der Waals surface area (Å²) in [5.74, 6) is 1.40. The van der Waals surface area contributed by atoms with E-state index in [0.717, 1.165) is 38.5 Å². The van der Waals surface area contributed by atoms with Gasteiger partial charge in [-0.1, -0.05) is 39.2 Å². The number of aliphatic hydroxyl groups is 1. The van der Waals surface area contributed by atoms with Crippen LogP contribution in [0, 0.1) is 34.5 Å². The molecule has 3 fully saturated rings. The van der Waals surface area contributed by atoms with Gasteiger partial charge in [-0.3, -0.25) is 4.79 Å². The van der Waals surface area contributed by atoms with Crippen LogP contribution in [0.3, 0.4) is 0 Å². The Labute approximate surface area is 224 Å². The van der Waals surface area contributed by atoms with E-state index in [4.69, 9.17) is 0 Å².